The van der Waals surface area contributed by atoms with Crippen LogP contribution in [0.3, 0.4) is 0 Å². The third kappa shape index (κ3) is 2.87. The molecule has 4 heteroatoms. The third-order valence-electron chi connectivity index (χ3n) is 3.18. The maximum atomic E-state index is 5.84. The number of aromatic nitrogens is 1. The van der Waals surface area contributed by atoms with Crippen LogP contribution in [0.15, 0.2) is 0 Å². The summed E-state index contributed by atoms with van der Waals surface area (Å²) in [6.07, 6.45) is 2.20. The molecule has 0 unspecified atom stereocenters. The Hall–Kier alpha value is -0.450. The Kier molecular flexibility index (Phi) is 3.85. The molecule has 1 fully saturated rings. The molecule has 96 valence electrons. The average molecular weight is 254 g/mol. The Labute approximate surface area is 107 Å². The Morgan fingerprint density at radius 2 is 2.00 bits per heavy atom. The van der Waals surface area contributed by atoms with E-state index in [4.69, 9.17) is 15.5 Å². The molecule has 1 aliphatic heterocycles. The molecule has 2 rings (SSSR count). The smallest absolute Gasteiger partial charge is 0.0964 e. The molecule has 0 spiro atoms. The zero-order valence-corrected chi connectivity index (χ0v) is 11.8. The number of thiazole rings is 1. The van der Waals surface area contributed by atoms with Gasteiger partial charge < -0.3 is 10.5 Å². The van der Waals surface area contributed by atoms with Crippen LogP contribution in [-0.4, -0.2) is 18.2 Å². The summed E-state index contributed by atoms with van der Waals surface area (Å²) in [5, 5.41) is 1.26. The van der Waals surface area contributed by atoms with E-state index in [9.17, 15) is 0 Å². The predicted octanol–water partition coefficient (Wildman–Crippen LogP) is 2.79. The van der Waals surface area contributed by atoms with Gasteiger partial charge in [-0.3, -0.25) is 0 Å². The van der Waals surface area contributed by atoms with Gasteiger partial charge in [0.2, 0.25) is 0 Å². The summed E-state index contributed by atoms with van der Waals surface area (Å²) in [7, 11) is 0. The molecular weight excluding hydrogens is 232 g/mol. The van der Waals surface area contributed by atoms with Gasteiger partial charge in [-0.15, -0.1) is 11.3 Å². The van der Waals surface area contributed by atoms with Gasteiger partial charge in [0.05, 0.1) is 10.7 Å². The molecule has 0 amide bonds. The minimum Gasteiger partial charge on any atom is -0.381 e. The zero-order valence-electron chi connectivity index (χ0n) is 11.0. The number of hydrogen-bond acceptors (Lipinski definition) is 4. The van der Waals surface area contributed by atoms with Crippen LogP contribution in [0, 0.1) is 0 Å². The second-order valence-electron chi connectivity index (χ2n) is 5.66. The quantitative estimate of drug-likeness (QED) is 0.883. The van der Waals surface area contributed by atoms with Crippen molar-refractivity contribution in [2.75, 3.05) is 13.2 Å². The van der Waals surface area contributed by atoms with Crippen molar-refractivity contribution in [1.82, 2.24) is 4.98 Å². The molecule has 0 aromatic carbocycles. The van der Waals surface area contributed by atoms with Gasteiger partial charge >= 0.3 is 0 Å². The molecule has 0 bridgehead atoms. The topological polar surface area (TPSA) is 48.1 Å². The summed E-state index contributed by atoms with van der Waals surface area (Å²) in [6, 6.07) is 0. The van der Waals surface area contributed by atoms with Gasteiger partial charge in [0.15, 0.2) is 0 Å². The average Bonchev–Trinajstić information content (AvgIpc) is 2.74. The van der Waals surface area contributed by atoms with Crippen LogP contribution in [0.25, 0.3) is 0 Å². The lowest BCUT2D eigenvalue weighted by Crippen LogP contribution is -2.17. The van der Waals surface area contributed by atoms with E-state index in [-0.39, 0.29) is 5.41 Å². The summed E-state index contributed by atoms with van der Waals surface area (Å²) < 4.78 is 5.40. The maximum Gasteiger partial charge on any atom is 0.0964 e. The van der Waals surface area contributed by atoms with Gasteiger partial charge in [-0.05, 0) is 12.8 Å². The molecule has 0 radical (unpaired) electrons. The van der Waals surface area contributed by atoms with Gasteiger partial charge in [-0.2, -0.15) is 0 Å². The van der Waals surface area contributed by atoms with Crippen molar-refractivity contribution in [3.63, 3.8) is 0 Å². The Morgan fingerprint density at radius 3 is 2.47 bits per heavy atom. The maximum absolute atomic E-state index is 5.84. The fourth-order valence-electron chi connectivity index (χ4n) is 2.21. The second kappa shape index (κ2) is 5.04. The van der Waals surface area contributed by atoms with Crippen molar-refractivity contribution in [3.05, 3.63) is 15.6 Å². The first-order valence-electron chi connectivity index (χ1n) is 6.30. The largest absolute Gasteiger partial charge is 0.381 e. The summed E-state index contributed by atoms with van der Waals surface area (Å²) in [5.41, 5.74) is 7.11. The molecule has 0 aliphatic carbocycles. The first kappa shape index (κ1) is 13.0. The van der Waals surface area contributed by atoms with E-state index < -0.39 is 0 Å². The third-order valence-corrected chi connectivity index (χ3v) is 4.42. The molecule has 1 aliphatic rings. The Balaban J connectivity index is 2.27. The van der Waals surface area contributed by atoms with Crippen LogP contribution >= 0.6 is 11.3 Å². The van der Waals surface area contributed by atoms with Gasteiger partial charge in [0.25, 0.3) is 0 Å². The number of nitrogens with zero attached hydrogens (tertiary/aromatic N) is 1. The second-order valence-corrected chi connectivity index (χ2v) is 6.78. The standard InChI is InChI=1S/C13H22N2OS/c1-13(2,3)11-10(8-14)17-12(15-11)9-4-6-16-7-5-9/h9H,4-8,14H2,1-3H3. The van der Waals surface area contributed by atoms with Crippen molar-refractivity contribution in [1.29, 1.82) is 0 Å². The van der Waals surface area contributed by atoms with Crippen molar-refractivity contribution < 1.29 is 4.74 Å². The van der Waals surface area contributed by atoms with E-state index in [1.54, 1.807) is 11.3 Å². The number of ether oxygens (including phenoxy) is 1. The molecule has 2 N–H and O–H groups in total. The van der Waals surface area contributed by atoms with Crippen LogP contribution in [0.4, 0.5) is 0 Å². The summed E-state index contributed by atoms with van der Waals surface area (Å²) in [4.78, 5) is 6.11. The molecule has 17 heavy (non-hydrogen) atoms. The predicted molar refractivity (Wildman–Crippen MR) is 71.5 cm³/mol. The van der Waals surface area contributed by atoms with Crippen LogP contribution < -0.4 is 5.73 Å². The fourth-order valence-corrected chi connectivity index (χ4v) is 3.54. The minimum absolute atomic E-state index is 0.0919. The Morgan fingerprint density at radius 1 is 1.35 bits per heavy atom. The van der Waals surface area contributed by atoms with E-state index in [1.165, 1.54) is 15.6 Å². The van der Waals surface area contributed by atoms with Crippen molar-refractivity contribution >= 4 is 11.3 Å². The highest BCUT2D eigenvalue weighted by Gasteiger charge is 2.26. The first-order chi connectivity index (χ1) is 8.02. The van der Waals surface area contributed by atoms with E-state index in [1.807, 2.05) is 0 Å². The lowest BCUT2D eigenvalue weighted by Gasteiger charge is -2.20. The normalized spacial score (nSPS) is 18.6. The summed E-state index contributed by atoms with van der Waals surface area (Å²) in [6.45, 7) is 8.95. The fraction of sp³-hybridized carbons (Fsp3) is 0.769. The van der Waals surface area contributed by atoms with Crippen molar-refractivity contribution in [3.8, 4) is 0 Å². The number of nitrogens with two attached hydrogens (primary N) is 1. The SMILES string of the molecule is CC(C)(C)c1nc(C2CCOCC2)sc1CN. The molecule has 3 nitrogen and oxygen atoms in total. The highest BCUT2D eigenvalue weighted by molar-refractivity contribution is 7.11. The number of hydrogen-bond donors (Lipinski definition) is 1. The van der Waals surface area contributed by atoms with E-state index in [0.717, 1.165) is 26.1 Å². The van der Waals surface area contributed by atoms with E-state index in [0.29, 0.717) is 12.5 Å². The molecule has 1 aromatic rings. The zero-order chi connectivity index (χ0) is 12.5. The van der Waals surface area contributed by atoms with Gasteiger partial charge in [0, 0.05) is 36.0 Å². The first-order valence-corrected chi connectivity index (χ1v) is 7.12. The van der Waals surface area contributed by atoms with Crippen LogP contribution in [0.5, 0.6) is 0 Å². The van der Waals surface area contributed by atoms with Gasteiger partial charge in [0.1, 0.15) is 0 Å². The van der Waals surface area contributed by atoms with Crippen LogP contribution in [0.1, 0.15) is 55.1 Å². The van der Waals surface area contributed by atoms with Crippen molar-refractivity contribution in [2.24, 2.45) is 5.73 Å². The number of rotatable bonds is 2. The Bertz CT molecular complexity index is 375. The van der Waals surface area contributed by atoms with E-state index >= 15 is 0 Å². The monoisotopic (exact) mass is 254 g/mol. The van der Waals surface area contributed by atoms with Crippen LogP contribution in [-0.2, 0) is 16.7 Å². The molecule has 1 aromatic heterocycles. The van der Waals surface area contributed by atoms with Gasteiger partial charge in [-0.25, -0.2) is 4.98 Å². The molecular formula is C13H22N2OS. The molecule has 2 heterocycles. The summed E-state index contributed by atoms with van der Waals surface area (Å²) >= 11 is 1.80. The molecule has 0 atom stereocenters. The summed E-state index contributed by atoms with van der Waals surface area (Å²) in [5.74, 6) is 0.579. The van der Waals surface area contributed by atoms with Crippen molar-refractivity contribution in [2.45, 2.75) is 51.5 Å². The van der Waals surface area contributed by atoms with E-state index in [2.05, 4.69) is 20.8 Å². The minimum atomic E-state index is 0.0919. The lowest BCUT2D eigenvalue weighted by molar-refractivity contribution is 0.0852. The molecule has 0 saturated carbocycles. The van der Waals surface area contributed by atoms with Crippen LogP contribution in [0.2, 0.25) is 0 Å². The highest BCUT2D eigenvalue weighted by atomic mass is 32.1. The highest BCUT2D eigenvalue weighted by Crippen LogP contribution is 2.35. The lowest BCUT2D eigenvalue weighted by atomic mass is 9.91. The van der Waals surface area contributed by atoms with Gasteiger partial charge in [-0.1, -0.05) is 20.8 Å². The molecule has 1 saturated heterocycles.